The van der Waals surface area contributed by atoms with Crippen molar-refractivity contribution >= 4 is 17.5 Å². The number of anilines is 1. The Balaban J connectivity index is 1.57. The molecule has 2 saturated heterocycles. The number of likely N-dealkylation sites (tertiary alicyclic amines) is 1. The summed E-state index contributed by atoms with van der Waals surface area (Å²) in [4.78, 5) is 35.4. The number of rotatable bonds is 2. The minimum Gasteiger partial charge on any atom is -0.347 e. The van der Waals surface area contributed by atoms with Crippen molar-refractivity contribution in [2.75, 3.05) is 38.1 Å². The number of aryl methyl sites for hydroxylation is 1. The monoisotopic (exact) mass is 353 g/mol. The number of amides is 2. The number of piperazine rings is 1. The highest BCUT2D eigenvalue weighted by Gasteiger charge is 2.48. The van der Waals surface area contributed by atoms with Gasteiger partial charge in [0, 0.05) is 39.1 Å². The molecule has 136 valence electrons. The summed E-state index contributed by atoms with van der Waals surface area (Å²) in [6.45, 7) is 2.24. The Bertz CT molecular complexity index is 833. The maximum absolute atomic E-state index is 12.9. The van der Waals surface area contributed by atoms with Crippen LogP contribution in [0.1, 0.15) is 16.9 Å². The molecule has 26 heavy (non-hydrogen) atoms. The average molecular weight is 353 g/mol. The molecule has 1 spiro atoms. The zero-order valence-electron chi connectivity index (χ0n) is 15.1. The molecule has 0 N–H and O–H groups in total. The fourth-order valence-electron chi connectivity index (χ4n) is 4.02. The first-order valence-corrected chi connectivity index (χ1v) is 8.82. The molecule has 0 radical (unpaired) electrons. The molecular formula is C19H23N5O2. The molecular weight excluding hydrogens is 330 g/mol. The molecule has 0 bridgehead atoms. The fraction of sp³-hybridized carbons (Fsp3) is 0.421. The molecule has 0 aromatic carbocycles. The van der Waals surface area contributed by atoms with E-state index in [4.69, 9.17) is 0 Å². The Hall–Kier alpha value is -2.67. The van der Waals surface area contributed by atoms with Crippen molar-refractivity contribution in [1.82, 2.24) is 19.4 Å². The molecule has 7 nitrogen and oxygen atoms in total. The number of hydrogen-bond donors (Lipinski definition) is 0. The van der Waals surface area contributed by atoms with Gasteiger partial charge in [0.1, 0.15) is 5.69 Å². The van der Waals surface area contributed by atoms with Crippen LogP contribution in [0.3, 0.4) is 0 Å². The molecule has 2 aliphatic rings. The summed E-state index contributed by atoms with van der Waals surface area (Å²) in [6.07, 6.45) is 6.16. The number of pyridine rings is 1. The lowest BCUT2D eigenvalue weighted by Crippen LogP contribution is -2.64. The first kappa shape index (κ1) is 16.8. The van der Waals surface area contributed by atoms with Crippen LogP contribution < -0.4 is 4.90 Å². The van der Waals surface area contributed by atoms with Crippen LogP contribution in [-0.4, -0.2) is 69.9 Å². The second-order valence-electron chi connectivity index (χ2n) is 7.25. The Morgan fingerprint density at radius 2 is 2.04 bits per heavy atom. The number of nitrogens with zero attached hydrogens (tertiary/aromatic N) is 5. The number of carbonyl (C=O) groups is 2. The quantitative estimate of drug-likeness (QED) is 0.808. The molecule has 2 aromatic rings. The minimum atomic E-state index is -0.218. The Morgan fingerprint density at radius 3 is 2.73 bits per heavy atom. The maximum atomic E-state index is 12.9. The van der Waals surface area contributed by atoms with Gasteiger partial charge in [0.2, 0.25) is 5.91 Å². The maximum Gasteiger partial charge on any atom is 0.270 e. The number of aromatic nitrogens is 2. The average Bonchev–Trinajstić information content (AvgIpc) is 3.26. The van der Waals surface area contributed by atoms with Crippen molar-refractivity contribution in [2.24, 2.45) is 7.05 Å². The van der Waals surface area contributed by atoms with E-state index in [1.807, 2.05) is 58.9 Å². The van der Waals surface area contributed by atoms with Crippen LogP contribution in [0.2, 0.25) is 0 Å². The van der Waals surface area contributed by atoms with Gasteiger partial charge in [-0.1, -0.05) is 0 Å². The molecule has 2 fully saturated rings. The van der Waals surface area contributed by atoms with Gasteiger partial charge in [-0.15, -0.1) is 0 Å². The zero-order valence-corrected chi connectivity index (χ0v) is 15.1. The number of likely N-dealkylation sites (N-methyl/N-ethyl adjacent to an activating group) is 1. The SMILES string of the molecule is CN1CC(=O)N(c2cccnc2)C[C@@]12CCN(C(=O)c1cccn1C)C2. The van der Waals surface area contributed by atoms with Crippen molar-refractivity contribution in [3.63, 3.8) is 0 Å². The van der Waals surface area contributed by atoms with Crippen LogP contribution in [0.25, 0.3) is 0 Å². The third-order valence-corrected chi connectivity index (χ3v) is 5.68. The standard InChI is InChI=1S/C19H23N5O2/c1-21-9-4-6-16(21)18(26)23-10-7-19(13-23)14-24(17(25)12-22(19)2)15-5-3-8-20-11-15/h3-6,8-9,11H,7,10,12-14H2,1-2H3/t19-/m0/s1. The van der Waals surface area contributed by atoms with Crippen LogP contribution in [0.15, 0.2) is 42.9 Å². The van der Waals surface area contributed by atoms with Gasteiger partial charge in [-0.25, -0.2) is 0 Å². The normalized spacial score (nSPS) is 23.8. The van der Waals surface area contributed by atoms with E-state index in [-0.39, 0.29) is 17.4 Å². The first-order valence-electron chi connectivity index (χ1n) is 8.82. The molecule has 1 atom stereocenters. The summed E-state index contributed by atoms with van der Waals surface area (Å²) in [5.41, 5.74) is 1.29. The molecule has 2 amide bonds. The summed E-state index contributed by atoms with van der Waals surface area (Å²) in [6, 6.07) is 7.48. The van der Waals surface area contributed by atoms with Crippen LogP contribution in [0.5, 0.6) is 0 Å². The molecule has 4 heterocycles. The Kier molecular flexibility index (Phi) is 4.03. The summed E-state index contributed by atoms with van der Waals surface area (Å²) < 4.78 is 1.85. The van der Waals surface area contributed by atoms with Crippen LogP contribution in [0, 0.1) is 0 Å². The van der Waals surface area contributed by atoms with E-state index in [1.165, 1.54) is 0 Å². The van der Waals surface area contributed by atoms with Crippen molar-refractivity contribution in [3.8, 4) is 0 Å². The van der Waals surface area contributed by atoms with Crippen molar-refractivity contribution in [3.05, 3.63) is 48.5 Å². The predicted molar refractivity (Wildman–Crippen MR) is 97.9 cm³/mol. The van der Waals surface area contributed by atoms with Crippen LogP contribution in [-0.2, 0) is 11.8 Å². The van der Waals surface area contributed by atoms with E-state index in [0.29, 0.717) is 31.9 Å². The van der Waals surface area contributed by atoms with E-state index >= 15 is 0 Å². The smallest absolute Gasteiger partial charge is 0.270 e. The molecule has 7 heteroatoms. The molecule has 2 aromatic heterocycles. The van der Waals surface area contributed by atoms with E-state index in [9.17, 15) is 9.59 Å². The van der Waals surface area contributed by atoms with E-state index in [0.717, 1.165) is 12.1 Å². The van der Waals surface area contributed by atoms with Crippen molar-refractivity contribution in [2.45, 2.75) is 12.0 Å². The van der Waals surface area contributed by atoms with E-state index in [1.54, 1.807) is 12.4 Å². The van der Waals surface area contributed by atoms with Gasteiger partial charge in [-0.05, 0) is 37.7 Å². The van der Waals surface area contributed by atoms with Crippen molar-refractivity contribution < 1.29 is 9.59 Å². The third kappa shape index (κ3) is 2.68. The van der Waals surface area contributed by atoms with Gasteiger partial charge in [0.15, 0.2) is 0 Å². The number of hydrogen-bond acceptors (Lipinski definition) is 4. The lowest BCUT2D eigenvalue weighted by atomic mass is 9.92. The fourth-order valence-corrected chi connectivity index (χ4v) is 4.02. The highest BCUT2D eigenvalue weighted by Crippen LogP contribution is 2.33. The van der Waals surface area contributed by atoms with E-state index < -0.39 is 0 Å². The molecule has 0 aliphatic carbocycles. The summed E-state index contributed by atoms with van der Waals surface area (Å²) in [7, 11) is 3.86. The summed E-state index contributed by atoms with van der Waals surface area (Å²) in [5.74, 6) is 0.117. The first-order chi connectivity index (χ1) is 12.5. The minimum absolute atomic E-state index is 0.0487. The topological polar surface area (TPSA) is 61.7 Å². The van der Waals surface area contributed by atoms with E-state index in [2.05, 4.69) is 9.88 Å². The molecule has 2 aliphatic heterocycles. The Morgan fingerprint density at radius 1 is 1.19 bits per heavy atom. The van der Waals surface area contributed by atoms with Gasteiger partial charge in [-0.2, -0.15) is 0 Å². The van der Waals surface area contributed by atoms with Crippen LogP contribution >= 0.6 is 0 Å². The highest BCUT2D eigenvalue weighted by molar-refractivity contribution is 5.96. The second kappa shape index (κ2) is 6.25. The van der Waals surface area contributed by atoms with Crippen molar-refractivity contribution in [1.29, 1.82) is 0 Å². The molecule has 0 unspecified atom stereocenters. The summed E-state index contributed by atoms with van der Waals surface area (Å²) >= 11 is 0. The lowest BCUT2D eigenvalue weighted by Gasteiger charge is -2.46. The van der Waals surface area contributed by atoms with Gasteiger partial charge in [0.05, 0.1) is 24.0 Å². The van der Waals surface area contributed by atoms with Gasteiger partial charge in [0.25, 0.3) is 5.91 Å². The molecule has 4 rings (SSSR count). The number of carbonyl (C=O) groups excluding carboxylic acids is 2. The predicted octanol–water partition coefficient (Wildman–Crippen LogP) is 0.983. The van der Waals surface area contributed by atoms with Crippen LogP contribution in [0.4, 0.5) is 5.69 Å². The molecule has 0 saturated carbocycles. The van der Waals surface area contributed by atoms with Gasteiger partial charge in [-0.3, -0.25) is 19.5 Å². The largest absolute Gasteiger partial charge is 0.347 e. The summed E-state index contributed by atoms with van der Waals surface area (Å²) in [5, 5.41) is 0. The third-order valence-electron chi connectivity index (χ3n) is 5.68. The van der Waals surface area contributed by atoms with Gasteiger partial charge < -0.3 is 14.4 Å². The highest BCUT2D eigenvalue weighted by atomic mass is 16.2. The van der Waals surface area contributed by atoms with Gasteiger partial charge >= 0.3 is 0 Å². The Labute approximate surface area is 152 Å². The second-order valence-corrected chi connectivity index (χ2v) is 7.25. The lowest BCUT2D eigenvalue weighted by molar-refractivity contribution is -0.123. The zero-order chi connectivity index (χ0) is 18.3.